The summed E-state index contributed by atoms with van der Waals surface area (Å²) in [5.41, 5.74) is 3.78. The minimum absolute atomic E-state index is 0.216. The van der Waals surface area contributed by atoms with Crippen molar-refractivity contribution in [2.45, 2.75) is 32.1 Å². The molecule has 1 aliphatic carbocycles. The van der Waals surface area contributed by atoms with E-state index >= 15 is 0 Å². The molecular weight excluding hydrogens is 288 g/mol. The second kappa shape index (κ2) is 6.15. The van der Waals surface area contributed by atoms with Crippen molar-refractivity contribution in [2.75, 3.05) is 14.2 Å². The Morgan fingerprint density at radius 3 is 2.26 bits per heavy atom. The van der Waals surface area contributed by atoms with E-state index in [2.05, 4.69) is 26.0 Å². The summed E-state index contributed by atoms with van der Waals surface area (Å²) in [6.07, 6.45) is 1.08. The van der Waals surface area contributed by atoms with Crippen molar-refractivity contribution in [3.05, 3.63) is 53.1 Å². The third kappa shape index (κ3) is 2.54. The molecule has 0 aromatic heterocycles. The standard InChI is InChI=1S/C20H24O3/c1-5-15-12(2)20(13-6-8-14(22-3)9-7-13)17-10-18(21)19(23-4)11-16(15)17/h6-12,15,20-21H,5H2,1-4H3/t12-,15+,20-/m0/s1. The summed E-state index contributed by atoms with van der Waals surface area (Å²) in [5, 5.41) is 10.2. The van der Waals surface area contributed by atoms with Gasteiger partial charge in [0.1, 0.15) is 5.75 Å². The molecule has 122 valence electrons. The smallest absolute Gasteiger partial charge is 0.160 e. The highest BCUT2D eigenvalue weighted by atomic mass is 16.5. The highest BCUT2D eigenvalue weighted by Crippen LogP contribution is 2.53. The molecule has 2 aromatic carbocycles. The first-order valence-corrected chi connectivity index (χ1v) is 8.15. The molecule has 0 heterocycles. The van der Waals surface area contributed by atoms with Gasteiger partial charge in [0.2, 0.25) is 0 Å². The number of phenols is 1. The number of phenolic OH excluding ortho intramolecular Hbond substituents is 1. The van der Waals surface area contributed by atoms with Crippen molar-refractivity contribution in [2.24, 2.45) is 5.92 Å². The average Bonchev–Trinajstić information content (AvgIpc) is 2.84. The lowest BCUT2D eigenvalue weighted by Crippen LogP contribution is -2.09. The maximum atomic E-state index is 10.2. The van der Waals surface area contributed by atoms with Gasteiger partial charge in [-0.2, -0.15) is 0 Å². The monoisotopic (exact) mass is 312 g/mol. The van der Waals surface area contributed by atoms with E-state index in [9.17, 15) is 5.11 Å². The molecule has 0 unspecified atom stereocenters. The predicted octanol–water partition coefficient (Wildman–Crippen LogP) is 4.68. The van der Waals surface area contributed by atoms with Crippen molar-refractivity contribution < 1.29 is 14.6 Å². The minimum atomic E-state index is 0.216. The first kappa shape index (κ1) is 15.7. The number of methoxy groups -OCH3 is 2. The number of hydrogen-bond acceptors (Lipinski definition) is 3. The van der Waals surface area contributed by atoms with Crippen LogP contribution in [0.4, 0.5) is 0 Å². The maximum absolute atomic E-state index is 10.2. The molecule has 0 fully saturated rings. The van der Waals surface area contributed by atoms with Crippen LogP contribution in [-0.4, -0.2) is 19.3 Å². The normalized spacial score (nSPS) is 22.7. The van der Waals surface area contributed by atoms with Crippen LogP contribution in [0.15, 0.2) is 36.4 Å². The zero-order valence-corrected chi connectivity index (χ0v) is 14.2. The summed E-state index contributed by atoms with van der Waals surface area (Å²) >= 11 is 0. The zero-order chi connectivity index (χ0) is 16.6. The van der Waals surface area contributed by atoms with Crippen LogP contribution in [0.1, 0.15) is 48.8 Å². The van der Waals surface area contributed by atoms with Crippen LogP contribution in [0.5, 0.6) is 17.2 Å². The Morgan fingerprint density at radius 1 is 1.00 bits per heavy atom. The fraction of sp³-hybridized carbons (Fsp3) is 0.400. The van der Waals surface area contributed by atoms with Gasteiger partial charge in [0.05, 0.1) is 14.2 Å². The van der Waals surface area contributed by atoms with Gasteiger partial charge in [0.25, 0.3) is 0 Å². The molecule has 3 rings (SSSR count). The van der Waals surface area contributed by atoms with E-state index in [-0.39, 0.29) is 11.7 Å². The highest BCUT2D eigenvalue weighted by Gasteiger charge is 2.38. The number of rotatable bonds is 4. The van der Waals surface area contributed by atoms with Gasteiger partial charge in [0.15, 0.2) is 11.5 Å². The fourth-order valence-electron chi connectivity index (χ4n) is 4.04. The lowest BCUT2D eigenvalue weighted by Gasteiger charge is -2.21. The molecule has 0 amide bonds. The predicted molar refractivity (Wildman–Crippen MR) is 91.7 cm³/mol. The van der Waals surface area contributed by atoms with E-state index in [0.717, 1.165) is 12.2 Å². The van der Waals surface area contributed by atoms with Crippen LogP contribution < -0.4 is 9.47 Å². The molecular formula is C20H24O3. The Hall–Kier alpha value is -2.16. The van der Waals surface area contributed by atoms with E-state index < -0.39 is 0 Å². The molecule has 0 saturated heterocycles. The number of hydrogen-bond donors (Lipinski definition) is 1. The fourth-order valence-corrected chi connectivity index (χ4v) is 4.04. The second-order valence-electron chi connectivity index (χ2n) is 6.28. The van der Waals surface area contributed by atoms with Crippen molar-refractivity contribution in [1.82, 2.24) is 0 Å². The summed E-state index contributed by atoms with van der Waals surface area (Å²) in [6, 6.07) is 12.2. The molecule has 1 N–H and O–H groups in total. The van der Waals surface area contributed by atoms with Crippen LogP contribution in [-0.2, 0) is 0 Å². The largest absolute Gasteiger partial charge is 0.504 e. The minimum Gasteiger partial charge on any atom is -0.504 e. The molecule has 3 atom stereocenters. The van der Waals surface area contributed by atoms with Crippen molar-refractivity contribution in [1.29, 1.82) is 0 Å². The van der Waals surface area contributed by atoms with Crippen molar-refractivity contribution >= 4 is 0 Å². The third-order valence-corrected chi connectivity index (χ3v) is 5.19. The number of fused-ring (bicyclic) bond motifs is 1. The molecule has 0 spiro atoms. The molecule has 0 aliphatic heterocycles. The van der Waals surface area contributed by atoms with E-state index in [4.69, 9.17) is 9.47 Å². The third-order valence-electron chi connectivity index (χ3n) is 5.19. The molecule has 3 nitrogen and oxygen atoms in total. The van der Waals surface area contributed by atoms with Crippen molar-refractivity contribution in [3.63, 3.8) is 0 Å². The summed E-state index contributed by atoms with van der Waals surface area (Å²) in [7, 11) is 3.28. The van der Waals surface area contributed by atoms with Crippen LogP contribution in [0.2, 0.25) is 0 Å². The molecule has 3 heteroatoms. The average molecular weight is 312 g/mol. The number of ether oxygens (including phenoxy) is 2. The molecule has 0 bridgehead atoms. The van der Waals surface area contributed by atoms with Crippen LogP contribution in [0.3, 0.4) is 0 Å². The van der Waals surface area contributed by atoms with Gasteiger partial charge >= 0.3 is 0 Å². The zero-order valence-electron chi connectivity index (χ0n) is 14.2. The summed E-state index contributed by atoms with van der Waals surface area (Å²) in [4.78, 5) is 0. The number of benzene rings is 2. The lowest BCUT2D eigenvalue weighted by molar-refractivity contribution is 0.372. The lowest BCUT2D eigenvalue weighted by atomic mass is 9.83. The molecule has 2 aromatic rings. The van der Waals surface area contributed by atoms with Crippen molar-refractivity contribution in [3.8, 4) is 17.2 Å². The van der Waals surface area contributed by atoms with E-state index in [1.807, 2.05) is 24.3 Å². The van der Waals surface area contributed by atoms with Gasteiger partial charge in [0, 0.05) is 5.92 Å². The number of aromatic hydroxyl groups is 1. The topological polar surface area (TPSA) is 38.7 Å². The van der Waals surface area contributed by atoms with Crippen LogP contribution in [0, 0.1) is 5.92 Å². The Labute approximate surface area is 137 Å². The maximum Gasteiger partial charge on any atom is 0.160 e. The van der Waals surface area contributed by atoms with Crippen LogP contribution >= 0.6 is 0 Å². The highest BCUT2D eigenvalue weighted by molar-refractivity contribution is 5.55. The molecule has 1 aliphatic rings. The van der Waals surface area contributed by atoms with Gasteiger partial charge in [-0.15, -0.1) is 0 Å². The van der Waals surface area contributed by atoms with E-state index in [1.165, 1.54) is 16.7 Å². The first-order valence-electron chi connectivity index (χ1n) is 8.15. The van der Waals surface area contributed by atoms with Crippen LogP contribution in [0.25, 0.3) is 0 Å². The Bertz CT molecular complexity index is 691. The van der Waals surface area contributed by atoms with Gasteiger partial charge in [-0.1, -0.05) is 26.0 Å². The second-order valence-corrected chi connectivity index (χ2v) is 6.28. The Balaban J connectivity index is 2.10. The van der Waals surface area contributed by atoms with E-state index in [1.54, 1.807) is 14.2 Å². The van der Waals surface area contributed by atoms with E-state index in [0.29, 0.717) is 17.6 Å². The van der Waals surface area contributed by atoms with Gasteiger partial charge in [-0.05, 0) is 59.2 Å². The molecule has 23 heavy (non-hydrogen) atoms. The summed E-state index contributed by atoms with van der Waals surface area (Å²) in [5.74, 6) is 2.89. The summed E-state index contributed by atoms with van der Waals surface area (Å²) in [6.45, 7) is 4.52. The molecule has 0 radical (unpaired) electrons. The Morgan fingerprint density at radius 2 is 1.70 bits per heavy atom. The van der Waals surface area contributed by atoms with Gasteiger partial charge in [-0.25, -0.2) is 0 Å². The Kier molecular flexibility index (Phi) is 4.20. The quantitative estimate of drug-likeness (QED) is 0.890. The summed E-state index contributed by atoms with van der Waals surface area (Å²) < 4.78 is 10.6. The SMILES string of the molecule is CC[C@H]1c2cc(OC)c(O)cc2[C@H](c2ccc(OC)cc2)[C@H]1C. The van der Waals surface area contributed by atoms with Gasteiger partial charge in [-0.3, -0.25) is 0 Å². The molecule has 0 saturated carbocycles. The van der Waals surface area contributed by atoms with Gasteiger partial charge < -0.3 is 14.6 Å². The first-order chi connectivity index (χ1) is 11.1.